The number of hydrogen-bond donors (Lipinski definition) is 0. The molecule has 150 valence electrons. The summed E-state index contributed by atoms with van der Waals surface area (Å²) in [4.78, 5) is 19.1. The van der Waals surface area contributed by atoms with Gasteiger partial charge in [0, 0.05) is 25.4 Å². The fourth-order valence-corrected chi connectivity index (χ4v) is 4.13. The first kappa shape index (κ1) is 19.2. The number of carbonyl (C=O) groups excluding carboxylic acids is 1. The standard InChI is InChI=1S/C24H27N3O2/c1-4-11-26-16-19(15-23(26)28)24-25-20-7-5-6-8-21(20)27(24)12-13-29-22-10-9-17(2)14-18(22)3/h4-10,14,19H,1,11-13,15-16H2,2-3H3. The Morgan fingerprint density at radius 3 is 2.86 bits per heavy atom. The number of aromatic nitrogens is 2. The van der Waals surface area contributed by atoms with E-state index >= 15 is 0 Å². The lowest BCUT2D eigenvalue weighted by Crippen LogP contribution is -2.25. The summed E-state index contributed by atoms with van der Waals surface area (Å²) in [5.74, 6) is 2.14. The number of rotatable bonds is 7. The number of nitrogens with zero attached hydrogens (tertiary/aromatic N) is 3. The summed E-state index contributed by atoms with van der Waals surface area (Å²) in [7, 11) is 0. The Balaban J connectivity index is 1.57. The van der Waals surface area contributed by atoms with Crippen LogP contribution in [0.4, 0.5) is 0 Å². The van der Waals surface area contributed by atoms with Crippen LogP contribution in [-0.2, 0) is 11.3 Å². The third-order valence-electron chi connectivity index (χ3n) is 5.52. The van der Waals surface area contributed by atoms with Gasteiger partial charge in [-0.3, -0.25) is 4.79 Å². The Labute approximate surface area is 171 Å². The predicted octanol–water partition coefficient (Wildman–Crippen LogP) is 4.23. The maximum absolute atomic E-state index is 12.4. The lowest BCUT2D eigenvalue weighted by molar-refractivity contribution is -0.127. The number of para-hydroxylation sites is 2. The van der Waals surface area contributed by atoms with Gasteiger partial charge < -0.3 is 14.2 Å². The number of aryl methyl sites for hydroxylation is 2. The second kappa shape index (κ2) is 8.11. The van der Waals surface area contributed by atoms with E-state index in [1.807, 2.05) is 29.2 Å². The summed E-state index contributed by atoms with van der Waals surface area (Å²) in [5, 5.41) is 0. The summed E-state index contributed by atoms with van der Waals surface area (Å²) >= 11 is 0. The SMILES string of the molecule is C=CCN1CC(c2nc3ccccc3n2CCOc2ccc(C)cc2C)CC1=O. The molecule has 0 radical (unpaired) electrons. The van der Waals surface area contributed by atoms with Crippen molar-refractivity contribution in [1.29, 1.82) is 0 Å². The zero-order valence-electron chi connectivity index (χ0n) is 17.1. The van der Waals surface area contributed by atoms with Crippen LogP contribution >= 0.6 is 0 Å². The minimum atomic E-state index is 0.0935. The molecule has 1 atom stereocenters. The first-order chi connectivity index (χ1) is 14.1. The van der Waals surface area contributed by atoms with Crippen molar-refractivity contribution in [3.8, 4) is 5.75 Å². The molecule has 0 saturated carbocycles. The normalized spacial score (nSPS) is 16.6. The lowest BCUT2D eigenvalue weighted by atomic mass is 10.1. The highest BCUT2D eigenvalue weighted by Gasteiger charge is 2.33. The lowest BCUT2D eigenvalue weighted by Gasteiger charge is -2.16. The highest BCUT2D eigenvalue weighted by Crippen LogP contribution is 2.30. The van der Waals surface area contributed by atoms with Crippen molar-refractivity contribution in [3.63, 3.8) is 0 Å². The van der Waals surface area contributed by atoms with Crippen LogP contribution in [0.2, 0.25) is 0 Å². The van der Waals surface area contributed by atoms with Crippen molar-refractivity contribution in [2.75, 3.05) is 19.7 Å². The number of hydrogen-bond acceptors (Lipinski definition) is 3. The van der Waals surface area contributed by atoms with Gasteiger partial charge in [-0.05, 0) is 37.6 Å². The zero-order valence-corrected chi connectivity index (χ0v) is 17.1. The molecule has 1 unspecified atom stereocenters. The van der Waals surface area contributed by atoms with Gasteiger partial charge in [-0.15, -0.1) is 6.58 Å². The third kappa shape index (κ3) is 3.90. The van der Waals surface area contributed by atoms with Crippen LogP contribution in [-0.4, -0.2) is 40.1 Å². The van der Waals surface area contributed by atoms with Gasteiger partial charge in [0.15, 0.2) is 0 Å². The van der Waals surface area contributed by atoms with Crippen LogP contribution < -0.4 is 4.74 Å². The molecule has 0 spiro atoms. The summed E-state index contributed by atoms with van der Waals surface area (Å²) in [6.07, 6.45) is 2.27. The molecule has 1 aliphatic heterocycles. The summed E-state index contributed by atoms with van der Waals surface area (Å²) in [6.45, 7) is 10.4. The van der Waals surface area contributed by atoms with Gasteiger partial charge >= 0.3 is 0 Å². The Morgan fingerprint density at radius 1 is 1.24 bits per heavy atom. The quantitative estimate of drug-likeness (QED) is 0.568. The van der Waals surface area contributed by atoms with Crippen molar-refractivity contribution in [1.82, 2.24) is 14.5 Å². The van der Waals surface area contributed by atoms with Crippen molar-refractivity contribution in [2.45, 2.75) is 32.7 Å². The molecule has 1 aliphatic rings. The van der Waals surface area contributed by atoms with Crippen molar-refractivity contribution >= 4 is 16.9 Å². The molecular formula is C24H27N3O2. The monoisotopic (exact) mass is 389 g/mol. The molecule has 5 nitrogen and oxygen atoms in total. The molecule has 5 heteroatoms. The average Bonchev–Trinajstić information content (AvgIpc) is 3.25. The van der Waals surface area contributed by atoms with Crippen LogP contribution in [0.25, 0.3) is 11.0 Å². The van der Waals surface area contributed by atoms with Gasteiger partial charge in [0.05, 0.1) is 17.6 Å². The topological polar surface area (TPSA) is 47.4 Å². The summed E-state index contributed by atoms with van der Waals surface area (Å²) < 4.78 is 8.29. The Kier molecular flexibility index (Phi) is 5.38. The van der Waals surface area contributed by atoms with E-state index in [4.69, 9.17) is 9.72 Å². The zero-order chi connectivity index (χ0) is 20.4. The van der Waals surface area contributed by atoms with Crippen molar-refractivity contribution < 1.29 is 9.53 Å². The first-order valence-corrected chi connectivity index (χ1v) is 10.1. The Morgan fingerprint density at radius 2 is 2.07 bits per heavy atom. The number of amides is 1. The Bertz CT molecular complexity index is 1050. The number of fused-ring (bicyclic) bond motifs is 1. The maximum atomic E-state index is 12.4. The Hall–Kier alpha value is -3.08. The van der Waals surface area contributed by atoms with Crippen LogP contribution in [0.1, 0.15) is 29.3 Å². The van der Waals surface area contributed by atoms with E-state index in [0.717, 1.165) is 28.2 Å². The number of benzene rings is 2. The molecule has 1 aromatic heterocycles. The molecule has 1 amide bonds. The van der Waals surface area contributed by atoms with E-state index in [1.165, 1.54) is 5.56 Å². The van der Waals surface area contributed by atoms with Crippen LogP contribution in [0.15, 0.2) is 55.1 Å². The molecule has 1 fully saturated rings. The van der Waals surface area contributed by atoms with Crippen LogP contribution in [0, 0.1) is 13.8 Å². The molecule has 4 rings (SSSR count). The molecular weight excluding hydrogens is 362 g/mol. The highest BCUT2D eigenvalue weighted by molar-refractivity contribution is 5.81. The molecule has 1 saturated heterocycles. The highest BCUT2D eigenvalue weighted by atomic mass is 16.5. The van der Waals surface area contributed by atoms with E-state index < -0.39 is 0 Å². The smallest absolute Gasteiger partial charge is 0.223 e. The van der Waals surface area contributed by atoms with Gasteiger partial charge in [-0.25, -0.2) is 4.98 Å². The van der Waals surface area contributed by atoms with Gasteiger partial charge in [0.1, 0.15) is 18.2 Å². The predicted molar refractivity (Wildman–Crippen MR) is 115 cm³/mol. The van der Waals surface area contributed by atoms with Crippen molar-refractivity contribution in [2.24, 2.45) is 0 Å². The van der Waals surface area contributed by atoms with Crippen LogP contribution in [0.3, 0.4) is 0 Å². The summed E-state index contributed by atoms with van der Waals surface area (Å²) in [5.41, 5.74) is 4.42. The fourth-order valence-electron chi connectivity index (χ4n) is 4.13. The number of imidazole rings is 1. The average molecular weight is 389 g/mol. The molecule has 0 bridgehead atoms. The number of likely N-dealkylation sites (tertiary alicyclic amines) is 1. The van der Waals surface area contributed by atoms with Gasteiger partial charge in [-0.1, -0.05) is 35.9 Å². The van der Waals surface area contributed by atoms with E-state index in [-0.39, 0.29) is 11.8 Å². The first-order valence-electron chi connectivity index (χ1n) is 10.1. The molecule has 3 aromatic rings. The van der Waals surface area contributed by atoms with E-state index in [2.05, 4.69) is 43.2 Å². The molecule has 0 N–H and O–H groups in total. The number of carbonyl (C=O) groups is 1. The van der Waals surface area contributed by atoms with Crippen molar-refractivity contribution in [3.05, 3.63) is 72.1 Å². The minimum absolute atomic E-state index is 0.0935. The third-order valence-corrected chi connectivity index (χ3v) is 5.52. The maximum Gasteiger partial charge on any atom is 0.223 e. The van der Waals surface area contributed by atoms with Crippen LogP contribution in [0.5, 0.6) is 5.75 Å². The van der Waals surface area contributed by atoms with E-state index in [0.29, 0.717) is 32.7 Å². The van der Waals surface area contributed by atoms with Gasteiger partial charge in [-0.2, -0.15) is 0 Å². The van der Waals surface area contributed by atoms with E-state index in [1.54, 1.807) is 6.08 Å². The molecule has 2 aromatic carbocycles. The molecule has 0 aliphatic carbocycles. The fraction of sp³-hybridized carbons (Fsp3) is 0.333. The largest absolute Gasteiger partial charge is 0.491 e. The van der Waals surface area contributed by atoms with E-state index in [9.17, 15) is 4.79 Å². The summed E-state index contributed by atoms with van der Waals surface area (Å²) in [6, 6.07) is 14.4. The molecule has 2 heterocycles. The van der Waals surface area contributed by atoms with Gasteiger partial charge in [0.25, 0.3) is 0 Å². The minimum Gasteiger partial charge on any atom is -0.491 e. The molecule has 29 heavy (non-hydrogen) atoms. The van der Waals surface area contributed by atoms with Gasteiger partial charge in [0.2, 0.25) is 5.91 Å². The second-order valence-corrected chi connectivity index (χ2v) is 7.72. The second-order valence-electron chi connectivity index (χ2n) is 7.72. The number of ether oxygens (including phenoxy) is 1.